The summed E-state index contributed by atoms with van der Waals surface area (Å²) in [6.07, 6.45) is -0.500. The molecule has 0 spiro atoms. The number of benzene rings is 4. The van der Waals surface area contributed by atoms with Crippen molar-refractivity contribution >= 4 is 10.9 Å². The number of pyridine rings is 1. The second-order valence-electron chi connectivity index (χ2n) is 10.3. The molecule has 0 saturated carbocycles. The van der Waals surface area contributed by atoms with Gasteiger partial charge >= 0.3 is 0 Å². The summed E-state index contributed by atoms with van der Waals surface area (Å²) in [5, 5.41) is 15.0. The third-order valence-corrected chi connectivity index (χ3v) is 7.22. The average molecular weight is 585 g/mol. The summed E-state index contributed by atoms with van der Waals surface area (Å²) >= 11 is 0. The topological polar surface area (TPSA) is 83.6 Å². The van der Waals surface area contributed by atoms with Gasteiger partial charge in [0.2, 0.25) is 5.56 Å². The lowest BCUT2D eigenvalue weighted by Gasteiger charge is -2.17. The van der Waals surface area contributed by atoms with Crippen LogP contribution in [-0.4, -0.2) is 29.8 Å². The summed E-state index contributed by atoms with van der Waals surface area (Å²) in [5.41, 5.74) is 3.03. The molecule has 6 nitrogen and oxygen atoms in total. The van der Waals surface area contributed by atoms with E-state index in [-0.39, 0.29) is 17.7 Å². The minimum atomic E-state index is -2.95. The molecule has 1 atom stereocenters. The molecule has 0 radical (unpaired) electrons. The van der Waals surface area contributed by atoms with Gasteiger partial charge in [-0.1, -0.05) is 78.9 Å². The van der Waals surface area contributed by atoms with Crippen LogP contribution in [0.4, 0.5) is 8.78 Å². The zero-order valence-corrected chi connectivity index (χ0v) is 23.6. The first-order valence-electron chi connectivity index (χ1n) is 14.3. The number of alkyl halides is 2. The molecule has 222 valence electrons. The molecule has 0 fully saturated rings. The highest BCUT2D eigenvalue weighted by Gasteiger charge is 2.31. The molecule has 1 unspecified atom stereocenters. The molecule has 1 aromatic heterocycles. The summed E-state index contributed by atoms with van der Waals surface area (Å²) in [4.78, 5) is 14.9. The largest absolute Gasteiger partial charge is 0.493 e. The first kappa shape index (κ1) is 29.9. The van der Waals surface area contributed by atoms with E-state index in [2.05, 4.69) is 10.3 Å². The fourth-order valence-electron chi connectivity index (χ4n) is 4.85. The molecule has 5 aromatic rings. The quantitative estimate of drug-likeness (QED) is 0.129. The Labute approximate surface area is 248 Å². The van der Waals surface area contributed by atoms with Gasteiger partial charge in [-0.15, -0.1) is 0 Å². The number of aliphatic hydroxyl groups is 1. The van der Waals surface area contributed by atoms with Crippen LogP contribution < -0.4 is 20.3 Å². The third-order valence-electron chi connectivity index (χ3n) is 7.22. The maximum absolute atomic E-state index is 14.3. The zero-order chi connectivity index (χ0) is 30.1. The maximum Gasteiger partial charge on any atom is 0.276 e. The Bertz CT molecular complexity index is 1660. The van der Waals surface area contributed by atoms with Gasteiger partial charge in [-0.3, -0.25) is 4.79 Å². The predicted molar refractivity (Wildman–Crippen MR) is 164 cm³/mol. The molecular weight excluding hydrogens is 550 g/mol. The minimum absolute atomic E-state index is 0.0143. The number of halogens is 2. The molecule has 5 rings (SSSR count). The minimum Gasteiger partial charge on any atom is -0.493 e. The van der Waals surface area contributed by atoms with Crippen molar-refractivity contribution in [1.82, 2.24) is 10.3 Å². The van der Waals surface area contributed by atoms with Crippen LogP contribution in [0.1, 0.15) is 34.8 Å². The van der Waals surface area contributed by atoms with Crippen LogP contribution in [0.2, 0.25) is 0 Å². The number of hydrogen-bond donors (Lipinski definition) is 3. The van der Waals surface area contributed by atoms with Crippen LogP contribution in [0.25, 0.3) is 10.9 Å². The molecular formula is C35H34F2N2O4. The van der Waals surface area contributed by atoms with E-state index in [0.29, 0.717) is 48.7 Å². The van der Waals surface area contributed by atoms with Gasteiger partial charge in [-0.2, -0.15) is 0 Å². The summed E-state index contributed by atoms with van der Waals surface area (Å²) in [7, 11) is 0. The van der Waals surface area contributed by atoms with Crippen molar-refractivity contribution in [2.24, 2.45) is 0 Å². The Balaban J connectivity index is 1.10. The standard InChI is InChI=1S/C35H34F2N2O4/c36-35(37,27-9-5-2-6-10-27)20-22-42-28-13-11-25(12-14-28)19-21-38-23-31(40)29-15-17-32(34-30(29)16-18-33(41)39-34)43-24-26-7-3-1-4-8-26/h1-18,31,38,40H,19-24H2,(H,39,41). The molecule has 8 heteroatoms. The van der Waals surface area contributed by atoms with E-state index in [9.17, 15) is 18.7 Å². The van der Waals surface area contributed by atoms with E-state index >= 15 is 0 Å². The second-order valence-corrected chi connectivity index (χ2v) is 10.3. The van der Waals surface area contributed by atoms with Gasteiger partial charge < -0.3 is 24.9 Å². The van der Waals surface area contributed by atoms with Crippen LogP contribution in [0, 0.1) is 0 Å². The SMILES string of the molecule is O=c1ccc2c(C(O)CNCCc3ccc(OCCC(F)(F)c4ccccc4)cc3)ccc(OCc3ccccc3)c2[nH]1. The zero-order valence-electron chi connectivity index (χ0n) is 23.6. The Hall–Kier alpha value is -4.53. The number of fused-ring (bicyclic) bond motifs is 1. The van der Waals surface area contributed by atoms with Gasteiger partial charge in [0.05, 0.1) is 18.2 Å². The number of hydrogen-bond acceptors (Lipinski definition) is 5. The van der Waals surface area contributed by atoms with Gasteiger partial charge in [0.1, 0.15) is 18.1 Å². The Morgan fingerprint density at radius 2 is 1.53 bits per heavy atom. The maximum atomic E-state index is 14.3. The van der Waals surface area contributed by atoms with Crippen LogP contribution >= 0.6 is 0 Å². The normalized spacial score (nSPS) is 12.3. The molecule has 0 amide bonds. The molecule has 0 aliphatic heterocycles. The Morgan fingerprint density at radius 3 is 2.28 bits per heavy atom. The van der Waals surface area contributed by atoms with E-state index in [1.54, 1.807) is 42.5 Å². The van der Waals surface area contributed by atoms with Crippen molar-refractivity contribution < 1.29 is 23.4 Å². The lowest BCUT2D eigenvalue weighted by atomic mass is 10.0. The number of rotatable bonds is 14. The van der Waals surface area contributed by atoms with E-state index in [1.807, 2.05) is 48.5 Å². The monoisotopic (exact) mass is 584 g/mol. The van der Waals surface area contributed by atoms with Crippen molar-refractivity contribution in [3.05, 3.63) is 142 Å². The van der Waals surface area contributed by atoms with Crippen molar-refractivity contribution in [2.75, 3.05) is 19.7 Å². The number of nitrogens with one attached hydrogen (secondary N) is 2. The highest BCUT2D eigenvalue weighted by atomic mass is 19.3. The van der Waals surface area contributed by atoms with Crippen molar-refractivity contribution in [1.29, 1.82) is 0 Å². The van der Waals surface area contributed by atoms with Gasteiger partial charge in [0.15, 0.2) is 0 Å². The summed E-state index contributed by atoms with van der Waals surface area (Å²) in [6.45, 7) is 1.19. The summed E-state index contributed by atoms with van der Waals surface area (Å²) in [5.74, 6) is -1.87. The molecule has 0 saturated heterocycles. The van der Waals surface area contributed by atoms with Crippen LogP contribution in [0.15, 0.2) is 114 Å². The van der Waals surface area contributed by atoms with Gasteiger partial charge in [-0.05, 0) is 53.9 Å². The number of aromatic amines is 1. The molecule has 3 N–H and O–H groups in total. The fraction of sp³-hybridized carbons (Fsp3) is 0.229. The highest BCUT2D eigenvalue weighted by Crippen LogP contribution is 2.32. The highest BCUT2D eigenvalue weighted by molar-refractivity contribution is 5.87. The summed E-state index contributed by atoms with van der Waals surface area (Å²) < 4.78 is 40.2. The van der Waals surface area contributed by atoms with Crippen molar-refractivity contribution in [2.45, 2.75) is 31.5 Å². The number of H-pyrrole nitrogens is 1. The van der Waals surface area contributed by atoms with Crippen LogP contribution in [0.3, 0.4) is 0 Å². The first-order valence-corrected chi connectivity index (χ1v) is 14.3. The Kier molecular flexibility index (Phi) is 9.81. The third kappa shape index (κ3) is 8.06. The summed E-state index contributed by atoms with van der Waals surface area (Å²) in [6, 6.07) is 31.6. The van der Waals surface area contributed by atoms with Crippen molar-refractivity contribution in [3.8, 4) is 11.5 Å². The smallest absolute Gasteiger partial charge is 0.276 e. The fourth-order valence-corrected chi connectivity index (χ4v) is 4.85. The van der Waals surface area contributed by atoms with E-state index in [0.717, 1.165) is 16.5 Å². The number of ether oxygens (including phenoxy) is 2. The molecule has 1 heterocycles. The molecule has 0 aliphatic rings. The number of aromatic nitrogens is 1. The first-order chi connectivity index (χ1) is 20.9. The lowest BCUT2D eigenvalue weighted by Crippen LogP contribution is -2.24. The van der Waals surface area contributed by atoms with Gasteiger partial charge in [0, 0.05) is 30.0 Å². The van der Waals surface area contributed by atoms with Crippen LogP contribution in [-0.2, 0) is 19.0 Å². The molecule has 0 aliphatic carbocycles. The molecule has 4 aromatic carbocycles. The average Bonchev–Trinajstić information content (AvgIpc) is 3.03. The van der Waals surface area contributed by atoms with E-state index < -0.39 is 18.4 Å². The predicted octanol–water partition coefficient (Wildman–Crippen LogP) is 6.53. The van der Waals surface area contributed by atoms with E-state index in [1.165, 1.54) is 18.2 Å². The van der Waals surface area contributed by atoms with Crippen LogP contribution in [0.5, 0.6) is 11.5 Å². The second kappa shape index (κ2) is 14.1. The molecule has 0 bridgehead atoms. The van der Waals surface area contributed by atoms with Gasteiger partial charge in [-0.25, -0.2) is 8.78 Å². The van der Waals surface area contributed by atoms with Crippen molar-refractivity contribution in [3.63, 3.8) is 0 Å². The number of aliphatic hydroxyl groups excluding tert-OH is 1. The van der Waals surface area contributed by atoms with Gasteiger partial charge in [0.25, 0.3) is 5.92 Å². The lowest BCUT2D eigenvalue weighted by molar-refractivity contribution is -0.0242. The van der Waals surface area contributed by atoms with E-state index in [4.69, 9.17) is 9.47 Å². The molecule has 43 heavy (non-hydrogen) atoms. The Morgan fingerprint density at radius 1 is 0.814 bits per heavy atom.